The van der Waals surface area contributed by atoms with E-state index in [-0.39, 0.29) is 12.1 Å². The summed E-state index contributed by atoms with van der Waals surface area (Å²) >= 11 is 6.20. The minimum atomic E-state index is -1.18. The number of alkyl halides is 2. The maximum absolute atomic E-state index is 13.8. The molecule has 23 heavy (non-hydrogen) atoms. The highest BCUT2D eigenvalue weighted by Crippen LogP contribution is 2.29. The van der Waals surface area contributed by atoms with Crippen molar-refractivity contribution in [2.24, 2.45) is 7.05 Å². The van der Waals surface area contributed by atoms with Crippen molar-refractivity contribution in [2.75, 3.05) is 0 Å². The van der Waals surface area contributed by atoms with Crippen LogP contribution in [-0.2, 0) is 7.05 Å². The summed E-state index contributed by atoms with van der Waals surface area (Å²) in [5, 5.41) is 7.00. The molecule has 2 aromatic rings. The third-order valence-corrected chi connectivity index (χ3v) is 4.60. The van der Waals surface area contributed by atoms with E-state index in [2.05, 4.69) is 17.0 Å². The number of halogens is 3. The van der Waals surface area contributed by atoms with Gasteiger partial charge in [0.05, 0.1) is 10.9 Å². The molecule has 1 aromatic heterocycles. The van der Waals surface area contributed by atoms with Gasteiger partial charge in [-0.15, -0.1) is 11.6 Å². The second-order valence-corrected chi connectivity index (χ2v) is 6.36. The first-order valence-corrected chi connectivity index (χ1v) is 7.69. The lowest BCUT2D eigenvalue weighted by Crippen LogP contribution is -2.46. The Morgan fingerprint density at radius 1 is 1.52 bits per heavy atom. The molecular formula is C16H16ClF2N3O. The monoisotopic (exact) mass is 339 g/mol. The molecule has 0 aliphatic heterocycles. The summed E-state index contributed by atoms with van der Waals surface area (Å²) in [7, 11) is 1.63. The summed E-state index contributed by atoms with van der Waals surface area (Å²) in [6.45, 7) is 3.65. The van der Waals surface area contributed by atoms with E-state index in [9.17, 15) is 13.6 Å². The molecule has 7 heteroatoms. The van der Waals surface area contributed by atoms with Crippen LogP contribution in [0.4, 0.5) is 8.78 Å². The third-order valence-electron chi connectivity index (χ3n) is 4.14. The molecular weight excluding hydrogens is 324 g/mol. The van der Waals surface area contributed by atoms with Gasteiger partial charge in [-0.05, 0) is 30.2 Å². The van der Waals surface area contributed by atoms with E-state index in [0.29, 0.717) is 22.9 Å². The van der Waals surface area contributed by atoms with Gasteiger partial charge in [-0.1, -0.05) is 6.58 Å². The fourth-order valence-electron chi connectivity index (χ4n) is 2.84. The van der Waals surface area contributed by atoms with Crippen molar-refractivity contribution >= 4 is 28.4 Å². The second kappa shape index (κ2) is 5.92. The first-order valence-electron chi connectivity index (χ1n) is 7.25. The Morgan fingerprint density at radius 3 is 3.00 bits per heavy atom. The standard InChI is InChI=1S/C16H16ClF2N3O/c1-8-5-11(17)13(7-12(8)19)20-16(23)15-10-4-3-9(18)6-14(10)22(2)21-15/h3-4,6,11-13H,1,5,7H2,2H3,(H,20,23). The van der Waals surface area contributed by atoms with Crippen LogP contribution < -0.4 is 5.32 Å². The zero-order valence-electron chi connectivity index (χ0n) is 12.5. The maximum Gasteiger partial charge on any atom is 0.272 e. The van der Waals surface area contributed by atoms with Crippen LogP contribution in [0.2, 0.25) is 0 Å². The molecule has 0 saturated heterocycles. The predicted molar refractivity (Wildman–Crippen MR) is 84.8 cm³/mol. The van der Waals surface area contributed by atoms with Gasteiger partial charge in [-0.2, -0.15) is 5.10 Å². The lowest BCUT2D eigenvalue weighted by atomic mass is 9.89. The van der Waals surface area contributed by atoms with Crippen LogP contribution in [0.25, 0.3) is 10.9 Å². The van der Waals surface area contributed by atoms with Crippen LogP contribution in [0, 0.1) is 5.82 Å². The van der Waals surface area contributed by atoms with Gasteiger partial charge >= 0.3 is 0 Å². The molecule has 1 aromatic carbocycles. The summed E-state index contributed by atoms with van der Waals surface area (Å²) in [5.74, 6) is -0.850. The van der Waals surface area contributed by atoms with Crippen LogP contribution in [-0.4, -0.2) is 33.3 Å². The van der Waals surface area contributed by atoms with E-state index in [1.54, 1.807) is 7.05 Å². The number of allylic oxidation sites excluding steroid dienone is 1. The molecule has 3 rings (SSSR count). The molecule has 1 fully saturated rings. The number of benzene rings is 1. The average Bonchev–Trinajstić information content (AvgIpc) is 2.81. The highest BCUT2D eigenvalue weighted by atomic mass is 35.5. The van der Waals surface area contributed by atoms with E-state index in [4.69, 9.17) is 11.6 Å². The number of aromatic nitrogens is 2. The van der Waals surface area contributed by atoms with Crippen molar-refractivity contribution < 1.29 is 13.6 Å². The highest BCUT2D eigenvalue weighted by Gasteiger charge is 2.33. The Hall–Kier alpha value is -1.95. The number of hydrogen-bond donors (Lipinski definition) is 1. The van der Waals surface area contributed by atoms with Gasteiger partial charge in [-0.25, -0.2) is 8.78 Å². The molecule has 1 saturated carbocycles. The summed E-state index contributed by atoms with van der Waals surface area (Å²) in [6.07, 6.45) is -0.759. The molecule has 4 nitrogen and oxygen atoms in total. The van der Waals surface area contributed by atoms with Crippen LogP contribution in [0.15, 0.2) is 30.4 Å². The number of nitrogens with zero attached hydrogens (tertiary/aromatic N) is 2. The van der Waals surface area contributed by atoms with E-state index >= 15 is 0 Å². The van der Waals surface area contributed by atoms with Crippen LogP contribution in [0.3, 0.4) is 0 Å². The normalized spacial score (nSPS) is 24.9. The lowest BCUT2D eigenvalue weighted by molar-refractivity contribution is 0.0919. The summed E-state index contributed by atoms with van der Waals surface area (Å²) in [4.78, 5) is 12.5. The van der Waals surface area contributed by atoms with Gasteiger partial charge in [-0.3, -0.25) is 9.48 Å². The Balaban J connectivity index is 1.85. The van der Waals surface area contributed by atoms with E-state index in [0.717, 1.165) is 0 Å². The number of carbonyl (C=O) groups excluding carboxylic acids is 1. The van der Waals surface area contributed by atoms with Crippen LogP contribution >= 0.6 is 11.6 Å². The number of fused-ring (bicyclic) bond motifs is 1. The average molecular weight is 340 g/mol. The number of nitrogens with one attached hydrogen (secondary N) is 1. The quantitative estimate of drug-likeness (QED) is 0.675. The predicted octanol–water partition coefficient (Wildman–Crippen LogP) is 3.11. The number of carbonyl (C=O) groups is 1. The smallest absolute Gasteiger partial charge is 0.272 e. The van der Waals surface area contributed by atoms with Gasteiger partial charge in [0.1, 0.15) is 12.0 Å². The number of rotatable bonds is 2. The van der Waals surface area contributed by atoms with E-state index < -0.39 is 29.3 Å². The van der Waals surface area contributed by atoms with Crippen LogP contribution in [0.5, 0.6) is 0 Å². The Labute approximate surface area is 137 Å². The molecule has 1 aliphatic rings. The van der Waals surface area contributed by atoms with Crippen molar-refractivity contribution in [2.45, 2.75) is 30.4 Å². The Morgan fingerprint density at radius 2 is 2.26 bits per heavy atom. The SMILES string of the molecule is C=C1CC(Cl)C(NC(=O)c2nn(C)c3cc(F)ccc23)CC1F. The summed E-state index contributed by atoms with van der Waals surface area (Å²) < 4.78 is 28.5. The molecule has 1 aliphatic carbocycles. The minimum absolute atomic E-state index is 0.0954. The largest absolute Gasteiger partial charge is 0.346 e. The molecule has 3 atom stereocenters. The van der Waals surface area contributed by atoms with Gasteiger partial charge < -0.3 is 5.32 Å². The summed E-state index contributed by atoms with van der Waals surface area (Å²) in [5.41, 5.74) is 1.14. The topological polar surface area (TPSA) is 46.9 Å². The van der Waals surface area contributed by atoms with Crippen molar-refractivity contribution in [1.29, 1.82) is 0 Å². The fraction of sp³-hybridized carbons (Fsp3) is 0.375. The van der Waals surface area contributed by atoms with Crippen molar-refractivity contribution in [3.8, 4) is 0 Å². The van der Waals surface area contributed by atoms with Crippen molar-refractivity contribution in [3.63, 3.8) is 0 Å². The Bertz CT molecular complexity index is 789. The van der Waals surface area contributed by atoms with E-state index in [1.807, 2.05) is 0 Å². The molecule has 0 spiro atoms. The van der Waals surface area contributed by atoms with Gasteiger partial charge in [0.15, 0.2) is 5.69 Å². The first kappa shape index (κ1) is 15.9. The Kier molecular flexibility index (Phi) is 4.10. The summed E-state index contributed by atoms with van der Waals surface area (Å²) in [6, 6.07) is 3.59. The molecule has 3 unspecified atom stereocenters. The van der Waals surface area contributed by atoms with Crippen LogP contribution in [0.1, 0.15) is 23.3 Å². The molecule has 1 heterocycles. The molecule has 122 valence electrons. The first-order chi connectivity index (χ1) is 10.9. The van der Waals surface area contributed by atoms with Gasteiger partial charge in [0.2, 0.25) is 0 Å². The number of aryl methyl sites for hydroxylation is 1. The second-order valence-electron chi connectivity index (χ2n) is 5.80. The molecule has 1 amide bonds. The van der Waals surface area contributed by atoms with Crippen molar-refractivity contribution in [1.82, 2.24) is 15.1 Å². The van der Waals surface area contributed by atoms with Gasteiger partial charge in [0.25, 0.3) is 5.91 Å². The van der Waals surface area contributed by atoms with Crippen molar-refractivity contribution in [3.05, 3.63) is 41.9 Å². The minimum Gasteiger partial charge on any atom is -0.346 e. The maximum atomic E-state index is 13.8. The van der Waals surface area contributed by atoms with E-state index in [1.165, 1.54) is 22.9 Å². The molecule has 0 bridgehead atoms. The number of amides is 1. The highest BCUT2D eigenvalue weighted by molar-refractivity contribution is 6.21. The molecule has 1 N–H and O–H groups in total. The number of hydrogen-bond acceptors (Lipinski definition) is 2. The zero-order chi connectivity index (χ0) is 16.7. The zero-order valence-corrected chi connectivity index (χ0v) is 13.3. The fourth-order valence-corrected chi connectivity index (χ4v) is 3.21. The third kappa shape index (κ3) is 2.95. The lowest BCUT2D eigenvalue weighted by Gasteiger charge is -2.31. The molecule has 0 radical (unpaired) electrons. The van der Waals surface area contributed by atoms with Gasteiger partial charge in [0, 0.05) is 24.9 Å².